The quantitative estimate of drug-likeness (QED) is 0.833. The van der Waals surface area contributed by atoms with Crippen LogP contribution >= 0.6 is 24.8 Å². The minimum absolute atomic E-state index is 0. The van der Waals surface area contributed by atoms with Gasteiger partial charge in [-0.3, -0.25) is 9.78 Å². The standard InChI is InChI=1S/C20H28N4O.2ClH/c1-14-7-9-23(18(10-14)12-21)20(25)19-11-15(2)24(16(19)3)13-17-6-4-5-8-22-17;;/h4-6,8,11,14,18H,7,9-10,12-13,21H2,1-3H3;2*1H. The Kier molecular flexibility index (Phi) is 8.79. The first kappa shape index (κ1) is 23.5. The number of rotatable bonds is 4. The van der Waals surface area contributed by atoms with Crippen molar-refractivity contribution in [3.05, 3.63) is 53.1 Å². The normalized spacial score (nSPS) is 19.2. The van der Waals surface area contributed by atoms with Crippen LogP contribution in [0.3, 0.4) is 0 Å². The van der Waals surface area contributed by atoms with Crippen LogP contribution in [0.1, 0.15) is 47.2 Å². The van der Waals surface area contributed by atoms with Gasteiger partial charge in [0.25, 0.3) is 5.91 Å². The fourth-order valence-corrected chi connectivity index (χ4v) is 3.81. The highest BCUT2D eigenvalue weighted by Crippen LogP contribution is 2.26. The van der Waals surface area contributed by atoms with Crippen molar-refractivity contribution >= 4 is 30.7 Å². The first-order valence-electron chi connectivity index (χ1n) is 9.09. The van der Waals surface area contributed by atoms with Crippen molar-refractivity contribution in [2.24, 2.45) is 11.7 Å². The van der Waals surface area contributed by atoms with Crippen molar-refractivity contribution in [3.63, 3.8) is 0 Å². The molecule has 0 aromatic carbocycles. The number of piperidine rings is 1. The molecule has 3 heterocycles. The number of halogens is 2. The molecule has 2 aromatic heterocycles. The minimum atomic E-state index is 0. The first-order chi connectivity index (χ1) is 12.0. The third kappa shape index (κ3) is 5.03. The van der Waals surface area contributed by atoms with Crippen LogP contribution in [0.4, 0.5) is 0 Å². The molecule has 1 aliphatic heterocycles. The van der Waals surface area contributed by atoms with E-state index in [9.17, 15) is 4.79 Å². The van der Waals surface area contributed by atoms with Crippen molar-refractivity contribution in [3.8, 4) is 0 Å². The van der Waals surface area contributed by atoms with Gasteiger partial charge < -0.3 is 15.2 Å². The molecule has 1 fully saturated rings. The van der Waals surface area contributed by atoms with Crippen LogP contribution in [0.25, 0.3) is 0 Å². The van der Waals surface area contributed by atoms with E-state index in [0.717, 1.165) is 42.0 Å². The fraction of sp³-hybridized carbons (Fsp3) is 0.500. The predicted octanol–water partition coefficient (Wildman–Crippen LogP) is 3.59. The van der Waals surface area contributed by atoms with E-state index >= 15 is 0 Å². The summed E-state index contributed by atoms with van der Waals surface area (Å²) >= 11 is 0. The van der Waals surface area contributed by atoms with E-state index in [2.05, 4.69) is 16.5 Å². The van der Waals surface area contributed by atoms with Gasteiger partial charge in [-0.15, -0.1) is 24.8 Å². The molecule has 2 atom stereocenters. The summed E-state index contributed by atoms with van der Waals surface area (Å²) in [5.41, 5.74) is 9.81. The van der Waals surface area contributed by atoms with Gasteiger partial charge in [0, 0.05) is 36.7 Å². The molecular weight excluding hydrogens is 383 g/mol. The number of carbonyl (C=O) groups is 1. The van der Waals surface area contributed by atoms with Crippen LogP contribution in [0, 0.1) is 19.8 Å². The highest BCUT2D eigenvalue weighted by Gasteiger charge is 2.31. The number of amides is 1. The molecule has 1 aliphatic rings. The van der Waals surface area contributed by atoms with Gasteiger partial charge in [0.1, 0.15) is 0 Å². The number of likely N-dealkylation sites (tertiary alicyclic amines) is 1. The molecule has 2 aromatic rings. The third-order valence-electron chi connectivity index (χ3n) is 5.36. The number of nitrogens with zero attached hydrogens (tertiary/aromatic N) is 3. The molecule has 1 saturated heterocycles. The van der Waals surface area contributed by atoms with Crippen molar-refractivity contribution in [1.82, 2.24) is 14.5 Å². The van der Waals surface area contributed by atoms with E-state index in [1.165, 1.54) is 0 Å². The van der Waals surface area contributed by atoms with E-state index in [0.29, 0.717) is 19.0 Å². The summed E-state index contributed by atoms with van der Waals surface area (Å²) in [5, 5.41) is 0. The van der Waals surface area contributed by atoms with E-state index in [4.69, 9.17) is 5.73 Å². The Morgan fingerprint density at radius 1 is 1.30 bits per heavy atom. The van der Waals surface area contributed by atoms with Crippen LogP contribution in [-0.4, -0.2) is 39.5 Å². The van der Waals surface area contributed by atoms with Gasteiger partial charge in [0.05, 0.1) is 17.8 Å². The van der Waals surface area contributed by atoms with Crippen molar-refractivity contribution in [2.45, 2.75) is 46.2 Å². The highest BCUT2D eigenvalue weighted by molar-refractivity contribution is 5.96. The molecule has 0 radical (unpaired) electrons. The lowest BCUT2D eigenvalue weighted by Gasteiger charge is -2.38. The molecule has 2 N–H and O–H groups in total. The van der Waals surface area contributed by atoms with Gasteiger partial charge in [-0.2, -0.15) is 0 Å². The Bertz CT molecular complexity index is 748. The van der Waals surface area contributed by atoms with Crippen molar-refractivity contribution < 1.29 is 4.79 Å². The largest absolute Gasteiger partial charge is 0.342 e. The molecule has 5 nitrogen and oxygen atoms in total. The number of aromatic nitrogens is 2. The summed E-state index contributed by atoms with van der Waals surface area (Å²) < 4.78 is 2.17. The Hall–Kier alpha value is -1.56. The lowest BCUT2D eigenvalue weighted by molar-refractivity contribution is 0.0573. The molecule has 0 bridgehead atoms. The molecular formula is C20H30Cl2N4O. The number of aryl methyl sites for hydroxylation is 1. The Morgan fingerprint density at radius 3 is 2.67 bits per heavy atom. The van der Waals surface area contributed by atoms with Gasteiger partial charge in [0.15, 0.2) is 0 Å². The number of hydrogen-bond donors (Lipinski definition) is 1. The summed E-state index contributed by atoms with van der Waals surface area (Å²) in [5.74, 6) is 0.747. The molecule has 0 saturated carbocycles. The SMILES string of the molecule is Cc1cc(C(=O)N2CCC(C)CC2CN)c(C)n1Cc1ccccn1.Cl.Cl. The zero-order valence-electron chi connectivity index (χ0n) is 16.2. The van der Waals surface area contributed by atoms with Gasteiger partial charge in [-0.25, -0.2) is 0 Å². The molecule has 7 heteroatoms. The second-order valence-electron chi connectivity index (χ2n) is 7.21. The molecule has 2 unspecified atom stereocenters. The average Bonchev–Trinajstić information content (AvgIpc) is 2.90. The molecule has 1 amide bonds. The predicted molar refractivity (Wildman–Crippen MR) is 114 cm³/mol. The smallest absolute Gasteiger partial charge is 0.255 e. The number of nitrogens with two attached hydrogens (primary N) is 1. The minimum Gasteiger partial charge on any atom is -0.342 e. The Labute approximate surface area is 174 Å². The fourth-order valence-electron chi connectivity index (χ4n) is 3.81. The Morgan fingerprint density at radius 2 is 2.04 bits per heavy atom. The zero-order chi connectivity index (χ0) is 18.0. The highest BCUT2D eigenvalue weighted by atomic mass is 35.5. The van der Waals surface area contributed by atoms with Crippen LogP contribution in [0.2, 0.25) is 0 Å². The van der Waals surface area contributed by atoms with Crippen molar-refractivity contribution in [2.75, 3.05) is 13.1 Å². The average molecular weight is 413 g/mol. The maximum Gasteiger partial charge on any atom is 0.255 e. The van der Waals surface area contributed by atoms with Gasteiger partial charge in [-0.1, -0.05) is 13.0 Å². The lowest BCUT2D eigenvalue weighted by atomic mass is 9.92. The monoisotopic (exact) mass is 412 g/mol. The third-order valence-corrected chi connectivity index (χ3v) is 5.36. The molecule has 0 spiro atoms. The van der Waals surface area contributed by atoms with E-state index in [1.54, 1.807) is 6.20 Å². The summed E-state index contributed by atoms with van der Waals surface area (Å²) in [6.45, 7) is 8.32. The van der Waals surface area contributed by atoms with E-state index < -0.39 is 0 Å². The van der Waals surface area contributed by atoms with Gasteiger partial charge >= 0.3 is 0 Å². The molecule has 0 aliphatic carbocycles. The molecule has 3 rings (SSSR count). The maximum atomic E-state index is 13.2. The van der Waals surface area contributed by atoms with Crippen LogP contribution in [0.5, 0.6) is 0 Å². The van der Waals surface area contributed by atoms with Gasteiger partial charge in [-0.05, 0) is 50.8 Å². The molecule has 27 heavy (non-hydrogen) atoms. The van der Waals surface area contributed by atoms with Gasteiger partial charge in [0.2, 0.25) is 0 Å². The second-order valence-corrected chi connectivity index (χ2v) is 7.21. The summed E-state index contributed by atoms with van der Waals surface area (Å²) in [6.07, 6.45) is 3.85. The van der Waals surface area contributed by atoms with Crippen molar-refractivity contribution in [1.29, 1.82) is 0 Å². The zero-order valence-corrected chi connectivity index (χ0v) is 17.9. The van der Waals surface area contributed by atoms with Crippen LogP contribution < -0.4 is 5.73 Å². The summed E-state index contributed by atoms with van der Waals surface area (Å²) in [6, 6.07) is 8.07. The van der Waals surface area contributed by atoms with E-state index in [-0.39, 0.29) is 36.8 Å². The first-order valence-corrected chi connectivity index (χ1v) is 9.09. The van der Waals surface area contributed by atoms with E-state index in [1.807, 2.05) is 43.0 Å². The topological polar surface area (TPSA) is 64.2 Å². The Balaban J connectivity index is 0.00000182. The number of hydrogen-bond acceptors (Lipinski definition) is 3. The number of pyridine rings is 1. The van der Waals surface area contributed by atoms with Crippen LogP contribution in [-0.2, 0) is 6.54 Å². The summed E-state index contributed by atoms with van der Waals surface area (Å²) in [7, 11) is 0. The number of carbonyl (C=O) groups excluding carboxylic acids is 1. The summed E-state index contributed by atoms with van der Waals surface area (Å²) in [4.78, 5) is 19.5. The van der Waals surface area contributed by atoms with Crippen LogP contribution in [0.15, 0.2) is 30.5 Å². The lowest BCUT2D eigenvalue weighted by Crippen LogP contribution is -2.49. The second kappa shape index (κ2) is 10.1. The maximum absolute atomic E-state index is 13.2. The molecule has 150 valence electrons.